The van der Waals surface area contributed by atoms with Crippen molar-refractivity contribution in [2.45, 2.75) is 26.3 Å². The molecule has 0 aliphatic rings. The van der Waals surface area contributed by atoms with Crippen molar-refractivity contribution in [1.82, 2.24) is 10.6 Å². The number of nitrogens with one attached hydrogen (secondary N) is 3. The van der Waals surface area contributed by atoms with Gasteiger partial charge in [0, 0.05) is 43.2 Å². The lowest BCUT2D eigenvalue weighted by atomic mass is 10.3. The molecule has 0 fully saturated rings. The highest BCUT2D eigenvalue weighted by atomic mass is 32.2. The van der Waals surface area contributed by atoms with Crippen LogP contribution in [0.2, 0.25) is 0 Å². The Kier molecular flexibility index (Phi) is 8.83. The summed E-state index contributed by atoms with van der Waals surface area (Å²) in [5.41, 5.74) is 0.834. The van der Waals surface area contributed by atoms with E-state index in [9.17, 15) is 18.5 Å². The Balaban J connectivity index is 2.46. The Morgan fingerprint density at radius 2 is 1.96 bits per heavy atom. The summed E-state index contributed by atoms with van der Waals surface area (Å²) in [5, 5.41) is 20.1. The van der Waals surface area contributed by atoms with Gasteiger partial charge in [-0.05, 0) is 32.4 Å². The van der Waals surface area contributed by atoms with Gasteiger partial charge >= 0.3 is 0 Å². The van der Waals surface area contributed by atoms with Crippen molar-refractivity contribution in [3.8, 4) is 0 Å². The van der Waals surface area contributed by atoms with Crippen LogP contribution in [0, 0.1) is 10.1 Å². The normalized spacial score (nSPS) is 13.1. The summed E-state index contributed by atoms with van der Waals surface area (Å²) in [7, 11) is -2.98. The summed E-state index contributed by atoms with van der Waals surface area (Å²) < 4.78 is 22.5. The van der Waals surface area contributed by atoms with Gasteiger partial charge in [-0.15, -0.1) is 0 Å². The van der Waals surface area contributed by atoms with Crippen molar-refractivity contribution in [3.63, 3.8) is 0 Å². The second kappa shape index (κ2) is 10.6. The molecule has 10 heteroatoms. The monoisotopic (exact) mass is 385 g/mol. The number of sulfone groups is 1. The maximum Gasteiger partial charge on any atom is 0.269 e. The molecule has 0 aliphatic carbocycles. The average Bonchev–Trinajstić information content (AvgIpc) is 2.57. The van der Waals surface area contributed by atoms with E-state index >= 15 is 0 Å². The molecular formula is C16H27N5O4S. The first-order valence-corrected chi connectivity index (χ1v) is 10.5. The van der Waals surface area contributed by atoms with E-state index in [1.54, 1.807) is 12.1 Å². The SMILES string of the molecule is CCNC(=NCCNc1ccc([N+](=O)[O-])cc1)NC(C)CCS(C)(=O)=O. The number of non-ortho nitro benzene ring substituents is 1. The molecule has 0 aliphatic heterocycles. The van der Waals surface area contributed by atoms with E-state index in [2.05, 4.69) is 20.9 Å². The maximum atomic E-state index is 11.2. The highest BCUT2D eigenvalue weighted by molar-refractivity contribution is 7.90. The number of aliphatic imine (C=N–C) groups is 1. The quantitative estimate of drug-likeness (QED) is 0.183. The standard InChI is InChI=1S/C16H27N5O4S/c1-4-17-16(20-13(2)9-12-26(3,24)25)19-11-10-18-14-5-7-15(8-6-14)21(22)23/h5-8,13,18H,4,9-12H2,1-3H3,(H2,17,19,20). The van der Waals surface area contributed by atoms with E-state index < -0.39 is 14.8 Å². The minimum absolute atomic E-state index is 0.0230. The van der Waals surface area contributed by atoms with Crippen LogP contribution in [-0.2, 0) is 9.84 Å². The summed E-state index contributed by atoms with van der Waals surface area (Å²) in [6, 6.07) is 6.17. The van der Waals surface area contributed by atoms with E-state index in [1.165, 1.54) is 18.4 Å². The number of hydrogen-bond donors (Lipinski definition) is 3. The lowest BCUT2D eigenvalue weighted by Gasteiger charge is -2.17. The van der Waals surface area contributed by atoms with Gasteiger partial charge in [0.25, 0.3) is 5.69 Å². The van der Waals surface area contributed by atoms with E-state index in [1.807, 2.05) is 13.8 Å². The van der Waals surface area contributed by atoms with Crippen LogP contribution in [0.3, 0.4) is 0 Å². The fourth-order valence-corrected chi connectivity index (χ4v) is 2.87. The van der Waals surface area contributed by atoms with E-state index in [-0.39, 0.29) is 17.5 Å². The largest absolute Gasteiger partial charge is 0.383 e. The molecule has 1 aromatic carbocycles. The van der Waals surface area contributed by atoms with E-state index in [0.717, 1.165) is 5.69 Å². The number of anilines is 1. The summed E-state index contributed by atoms with van der Waals surface area (Å²) in [6.07, 6.45) is 1.73. The number of guanidine groups is 1. The first-order chi connectivity index (χ1) is 12.2. The Labute approximate surface area is 154 Å². The molecule has 9 nitrogen and oxygen atoms in total. The Morgan fingerprint density at radius 1 is 1.31 bits per heavy atom. The van der Waals surface area contributed by atoms with Gasteiger partial charge in [-0.1, -0.05) is 0 Å². The molecule has 0 heterocycles. The first kappa shape index (κ1) is 21.7. The van der Waals surface area contributed by atoms with Gasteiger partial charge < -0.3 is 16.0 Å². The number of benzene rings is 1. The van der Waals surface area contributed by atoms with Gasteiger partial charge in [-0.3, -0.25) is 15.1 Å². The lowest BCUT2D eigenvalue weighted by molar-refractivity contribution is -0.384. The molecule has 0 spiro atoms. The fourth-order valence-electron chi connectivity index (χ4n) is 2.09. The Morgan fingerprint density at radius 3 is 2.50 bits per heavy atom. The third kappa shape index (κ3) is 9.21. The van der Waals surface area contributed by atoms with Crippen molar-refractivity contribution in [2.24, 2.45) is 4.99 Å². The van der Waals surface area contributed by atoms with Crippen molar-refractivity contribution < 1.29 is 13.3 Å². The van der Waals surface area contributed by atoms with Gasteiger partial charge in [0.15, 0.2) is 5.96 Å². The van der Waals surface area contributed by atoms with Crippen molar-refractivity contribution in [1.29, 1.82) is 0 Å². The second-order valence-electron chi connectivity index (χ2n) is 5.96. The van der Waals surface area contributed by atoms with Gasteiger partial charge in [-0.2, -0.15) is 0 Å². The third-order valence-electron chi connectivity index (χ3n) is 3.44. The smallest absolute Gasteiger partial charge is 0.269 e. The van der Waals surface area contributed by atoms with Crippen LogP contribution < -0.4 is 16.0 Å². The second-order valence-corrected chi connectivity index (χ2v) is 8.22. The van der Waals surface area contributed by atoms with Crippen LogP contribution in [0.1, 0.15) is 20.3 Å². The molecular weight excluding hydrogens is 358 g/mol. The number of nitro benzene ring substituents is 1. The molecule has 0 amide bonds. The molecule has 1 rings (SSSR count). The Bertz CT molecular complexity index is 704. The highest BCUT2D eigenvalue weighted by Crippen LogP contribution is 2.14. The minimum atomic E-state index is -2.98. The summed E-state index contributed by atoms with van der Waals surface area (Å²) >= 11 is 0. The molecule has 26 heavy (non-hydrogen) atoms. The molecule has 3 N–H and O–H groups in total. The summed E-state index contributed by atoms with van der Waals surface area (Å²) in [6.45, 7) is 5.61. The molecule has 1 atom stereocenters. The van der Waals surface area contributed by atoms with Crippen molar-refractivity contribution >= 4 is 27.2 Å². The zero-order valence-corrected chi connectivity index (χ0v) is 16.2. The third-order valence-corrected chi connectivity index (χ3v) is 4.42. The molecule has 0 saturated heterocycles. The first-order valence-electron chi connectivity index (χ1n) is 8.42. The van der Waals surface area contributed by atoms with E-state index in [0.29, 0.717) is 32.0 Å². The number of hydrogen-bond acceptors (Lipinski definition) is 6. The number of rotatable bonds is 10. The molecule has 0 bridgehead atoms. The number of nitrogens with zero attached hydrogens (tertiary/aromatic N) is 2. The van der Waals surface area contributed by atoms with Crippen LogP contribution in [-0.4, -0.2) is 57.0 Å². The van der Waals surface area contributed by atoms with E-state index in [4.69, 9.17) is 0 Å². The summed E-state index contributed by atoms with van der Waals surface area (Å²) in [5.74, 6) is 0.751. The summed E-state index contributed by atoms with van der Waals surface area (Å²) in [4.78, 5) is 14.6. The van der Waals surface area contributed by atoms with Crippen LogP contribution in [0.4, 0.5) is 11.4 Å². The Hall–Kier alpha value is -2.36. The van der Waals surface area contributed by atoms with Gasteiger partial charge in [-0.25, -0.2) is 8.42 Å². The zero-order valence-electron chi connectivity index (χ0n) is 15.4. The molecule has 146 valence electrons. The van der Waals surface area contributed by atoms with Crippen LogP contribution in [0.15, 0.2) is 29.3 Å². The average molecular weight is 385 g/mol. The van der Waals surface area contributed by atoms with Crippen molar-refractivity contribution in [2.75, 3.05) is 37.0 Å². The predicted molar refractivity (Wildman–Crippen MR) is 104 cm³/mol. The fraction of sp³-hybridized carbons (Fsp3) is 0.562. The van der Waals surface area contributed by atoms with Crippen LogP contribution in [0.5, 0.6) is 0 Å². The highest BCUT2D eigenvalue weighted by Gasteiger charge is 2.09. The topological polar surface area (TPSA) is 126 Å². The predicted octanol–water partition coefficient (Wildman–Crippen LogP) is 1.39. The van der Waals surface area contributed by atoms with Crippen LogP contribution in [0.25, 0.3) is 0 Å². The van der Waals surface area contributed by atoms with Crippen molar-refractivity contribution in [3.05, 3.63) is 34.4 Å². The lowest BCUT2D eigenvalue weighted by Crippen LogP contribution is -2.43. The minimum Gasteiger partial charge on any atom is -0.383 e. The molecule has 0 aromatic heterocycles. The zero-order chi connectivity index (χ0) is 19.6. The molecule has 1 aromatic rings. The number of nitro groups is 1. The molecule has 0 saturated carbocycles. The maximum absolute atomic E-state index is 11.2. The molecule has 0 radical (unpaired) electrons. The molecule has 1 unspecified atom stereocenters. The van der Waals surface area contributed by atoms with Gasteiger partial charge in [0.05, 0.1) is 17.2 Å². The van der Waals surface area contributed by atoms with Gasteiger partial charge in [0.2, 0.25) is 0 Å². The van der Waals surface area contributed by atoms with Crippen LogP contribution >= 0.6 is 0 Å². The van der Waals surface area contributed by atoms with Gasteiger partial charge in [0.1, 0.15) is 9.84 Å².